The summed E-state index contributed by atoms with van der Waals surface area (Å²) in [5.41, 5.74) is 3.49. The molecule has 0 spiro atoms. The number of aryl methyl sites for hydroxylation is 3. The van der Waals surface area contributed by atoms with E-state index in [1.165, 1.54) is 22.2 Å². The van der Waals surface area contributed by atoms with Crippen LogP contribution in [0.1, 0.15) is 17.1 Å². The molecule has 6 heteroatoms. The van der Waals surface area contributed by atoms with E-state index in [-0.39, 0.29) is 0 Å². The van der Waals surface area contributed by atoms with E-state index in [0.717, 1.165) is 15.1 Å². The Labute approximate surface area is 119 Å². The lowest BCUT2D eigenvalue weighted by molar-refractivity contribution is 0.850. The number of hydrogen-bond acceptors (Lipinski definition) is 5. The maximum Gasteiger partial charge on any atom is 0.156 e. The quantitative estimate of drug-likeness (QED) is 0.724. The molecule has 0 atom stereocenters. The van der Waals surface area contributed by atoms with Gasteiger partial charge in [-0.25, -0.2) is 4.98 Å². The summed E-state index contributed by atoms with van der Waals surface area (Å²) in [5.74, 6) is 0. The monoisotopic (exact) mass is 290 g/mol. The maximum absolute atomic E-state index is 4.48. The van der Waals surface area contributed by atoms with E-state index < -0.39 is 0 Å². The van der Waals surface area contributed by atoms with Crippen LogP contribution in [0.2, 0.25) is 0 Å². The molecule has 3 heterocycles. The number of thiazole rings is 1. The predicted octanol–water partition coefficient (Wildman–Crippen LogP) is 3.50. The number of aromatic nitrogens is 4. The highest BCUT2D eigenvalue weighted by Crippen LogP contribution is 2.36. The Morgan fingerprint density at radius 2 is 2.00 bits per heavy atom. The molecule has 0 unspecified atom stereocenters. The lowest BCUT2D eigenvalue weighted by Gasteiger charge is -2.00. The van der Waals surface area contributed by atoms with Crippen LogP contribution in [0.3, 0.4) is 0 Å². The first-order valence-electron chi connectivity index (χ1n) is 5.95. The first kappa shape index (κ1) is 12.6. The van der Waals surface area contributed by atoms with Gasteiger partial charge in [0.2, 0.25) is 0 Å². The largest absolute Gasteiger partial charge is 0.351 e. The van der Waals surface area contributed by atoms with Crippen LogP contribution in [0.15, 0.2) is 20.9 Å². The lowest BCUT2D eigenvalue weighted by atomic mass is 10.2. The molecule has 4 nitrogen and oxygen atoms in total. The summed E-state index contributed by atoms with van der Waals surface area (Å²) in [6, 6.07) is 0. The fourth-order valence-corrected chi connectivity index (χ4v) is 4.02. The first-order chi connectivity index (χ1) is 9.08. The van der Waals surface area contributed by atoms with E-state index in [1.807, 2.05) is 13.1 Å². The van der Waals surface area contributed by atoms with Crippen LogP contribution in [0, 0.1) is 20.8 Å². The first-order valence-corrected chi connectivity index (χ1v) is 7.65. The van der Waals surface area contributed by atoms with Crippen LogP contribution in [0.4, 0.5) is 0 Å². The maximum atomic E-state index is 4.48. The zero-order chi connectivity index (χ0) is 13.6. The summed E-state index contributed by atoms with van der Waals surface area (Å²) in [6.07, 6.45) is 1.84. The lowest BCUT2D eigenvalue weighted by Crippen LogP contribution is -1.92. The van der Waals surface area contributed by atoms with Crippen molar-refractivity contribution >= 4 is 33.9 Å². The Kier molecular flexibility index (Phi) is 3.06. The number of fused-ring (bicyclic) bond motifs is 1. The fourth-order valence-electron chi connectivity index (χ4n) is 2.13. The van der Waals surface area contributed by atoms with E-state index in [0.29, 0.717) is 0 Å². The molecule has 0 aliphatic rings. The Balaban J connectivity index is 2.16. The van der Waals surface area contributed by atoms with E-state index in [4.69, 9.17) is 0 Å². The highest BCUT2D eigenvalue weighted by Gasteiger charge is 2.15. The molecule has 0 aromatic carbocycles. The van der Waals surface area contributed by atoms with Gasteiger partial charge in [-0.3, -0.25) is 0 Å². The minimum Gasteiger partial charge on any atom is -0.351 e. The van der Waals surface area contributed by atoms with Crippen LogP contribution in [-0.4, -0.2) is 19.7 Å². The van der Waals surface area contributed by atoms with Crippen molar-refractivity contribution in [1.29, 1.82) is 0 Å². The molecular formula is C13H14N4S2. The van der Waals surface area contributed by atoms with Gasteiger partial charge in [0.1, 0.15) is 5.03 Å². The zero-order valence-electron chi connectivity index (χ0n) is 11.3. The summed E-state index contributed by atoms with van der Waals surface area (Å²) >= 11 is 3.24. The number of nitrogens with zero attached hydrogens (tertiary/aromatic N) is 4. The van der Waals surface area contributed by atoms with E-state index in [1.54, 1.807) is 23.1 Å². The van der Waals surface area contributed by atoms with E-state index in [2.05, 4.69) is 46.0 Å². The van der Waals surface area contributed by atoms with E-state index in [9.17, 15) is 0 Å². The topological polar surface area (TPSA) is 43.6 Å². The van der Waals surface area contributed by atoms with Crippen molar-refractivity contribution < 1.29 is 0 Å². The summed E-state index contributed by atoms with van der Waals surface area (Å²) in [5, 5.41) is 13.8. The van der Waals surface area contributed by atoms with Gasteiger partial charge in [-0.05, 0) is 32.5 Å². The fraction of sp³-hybridized carbons (Fsp3) is 0.308. The van der Waals surface area contributed by atoms with Crippen molar-refractivity contribution in [3.05, 3.63) is 28.7 Å². The smallest absolute Gasteiger partial charge is 0.156 e. The van der Waals surface area contributed by atoms with Crippen molar-refractivity contribution in [2.45, 2.75) is 30.1 Å². The second-order valence-corrected chi connectivity index (χ2v) is 6.62. The second kappa shape index (κ2) is 4.61. The third kappa shape index (κ3) is 2.04. The Bertz CT molecular complexity index is 757. The van der Waals surface area contributed by atoms with Crippen molar-refractivity contribution in [3.8, 4) is 0 Å². The molecule has 0 N–H and O–H groups in total. The van der Waals surface area contributed by atoms with Crippen LogP contribution >= 0.6 is 23.1 Å². The van der Waals surface area contributed by atoms with Gasteiger partial charge in [0, 0.05) is 40.3 Å². The predicted molar refractivity (Wildman–Crippen MR) is 79.0 cm³/mol. The zero-order valence-corrected chi connectivity index (χ0v) is 12.9. The van der Waals surface area contributed by atoms with Crippen LogP contribution in [0.5, 0.6) is 0 Å². The molecule has 0 radical (unpaired) electrons. The molecule has 0 bridgehead atoms. The van der Waals surface area contributed by atoms with Crippen molar-refractivity contribution in [1.82, 2.24) is 19.7 Å². The minimum atomic E-state index is 0.938. The Morgan fingerprint density at radius 1 is 1.21 bits per heavy atom. The Morgan fingerprint density at radius 3 is 2.68 bits per heavy atom. The van der Waals surface area contributed by atoms with Gasteiger partial charge >= 0.3 is 0 Å². The van der Waals surface area contributed by atoms with Gasteiger partial charge in [0.15, 0.2) is 4.34 Å². The molecule has 0 aliphatic heterocycles. The van der Waals surface area contributed by atoms with Gasteiger partial charge in [-0.1, -0.05) is 0 Å². The van der Waals surface area contributed by atoms with E-state index >= 15 is 0 Å². The third-order valence-corrected chi connectivity index (χ3v) is 5.39. The number of hydrogen-bond donors (Lipinski definition) is 0. The second-order valence-electron chi connectivity index (χ2n) is 4.53. The van der Waals surface area contributed by atoms with Crippen LogP contribution in [-0.2, 0) is 7.05 Å². The van der Waals surface area contributed by atoms with Gasteiger partial charge < -0.3 is 4.57 Å². The number of rotatable bonds is 2. The summed E-state index contributed by atoms with van der Waals surface area (Å²) in [4.78, 5) is 4.48. The standard InChI is InChI=1S/C13H14N4S2/c1-7-6-18-13(15-7)19-12-11-9(3)17(4)8(2)10(11)5-14-16-12/h5-6H,1-4H3. The molecular weight excluding hydrogens is 276 g/mol. The molecule has 0 saturated carbocycles. The minimum absolute atomic E-state index is 0.938. The highest BCUT2D eigenvalue weighted by atomic mass is 32.2. The van der Waals surface area contributed by atoms with Gasteiger partial charge in [0.05, 0.1) is 6.20 Å². The van der Waals surface area contributed by atoms with Gasteiger partial charge in [-0.15, -0.1) is 16.4 Å². The van der Waals surface area contributed by atoms with Gasteiger partial charge in [0.25, 0.3) is 0 Å². The van der Waals surface area contributed by atoms with Gasteiger partial charge in [-0.2, -0.15) is 5.10 Å². The normalized spacial score (nSPS) is 11.4. The van der Waals surface area contributed by atoms with Crippen molar-refractivity contribution in [2.24, 2.45) is 7.05 Å². The average molecular weight is 290 g/mol. The molecule has 0 fully saturated rings. The Hall–Kier alpha value is -1.40. The molecule has 0 aliphatic carbocycles. The summed E-state index contributed by atoms with van der Waals surface area (Å²) in [7, 11) is 2.08. The molecule has 19 heavy (non-hydrogen) atoms. The molecule has 3 rings (SSSR count). The summed E-state index contributed by atoms with van der Waals surface area (Å²) in [6.45, 7) is 6.23. The molecule has 3 aromatic rings. The molecule has 0 amide bonds. The average Bonchev–Trinajstić information content (AvgIpc) is 2.89. The van der Waals surface area contributed by atoms with Crippen molar-refractivity contribution in [2.75, 3.05) is 0 Å². The SMILES string of the molecule is Cc1csc(Sc2nncc3c(C)n(C)c(C)c23)n1. The molecule has 98 valence electrons. The highest BCUT2D eigenvalue weighted by molar-refractivity contribution is 8.01. The van der Waals surface area contributed by atoms with Crippen LogP contribution in [0.25, 0.3) is 10.8 Å². The molecule has 0 saturated heterocycles. The van der Waals surface area contributed by atoms with Crippen LogP contribution < -0.4 is 0 Å². The molecule has 3 aromatic heterocycles. The summed E-state index contributed by atoms with van der Waals surface area (Å²) < 4.78 is 3.20. The van der Waals surface area contributed by atoms with Crippen molar-refractivity contribution in [3.63, 3.8) is 0 Å². The third-order valence-electron chi connectivity index (χ3n) is 3.36.